The van der Waals surface area contributed by atoms with Crippen molar-refractivity contribution in [1.82, 2.24) is 25.6 Å². The Balaban J connectivity index is 1.70. The van der Waals surface area contributed by atoms with Gasteiger partial charge in [0.05, 0.1) is 11.1 Å². The van der Waals surface area contributed by atoms with E-state index in [1.54, 1.807) is 27.8 Å². The molecule has 1 aromatic carbocycles. The Hall–Kier alpha value is -3.79. The van der Waals surface area contributed by atoms with Crippen molar-refractivity contribution in [3.8, 4) is 0 Å². The van der Waals surface area contributed by atoms with Gasteiger partial charge in [-0.15, -0.1) is 0 Å². The molecule has 2 aromatic rings. The van der Waals surface area contributed by atoms with Crippen LogP contribution in [0.1, 0.15) is 65.6 Å². The lowest BCUT2D eigenvalue weighted by molar-refractivity contribution is -0.147. The topological polar surface area (TPSA) is 138 Å². The zero-order valence-electron chi connectivity index (χ0n) is 25.2. The molecule has 0 spiro atoms. The van der Waals surface area contributed by atoms with Crippen molar-refractivity contribution in [3.05, 3.63) is 47.8 Å². The summed E-state index contributed by atoms with van der Waals surface area (Å²) in [6.07, 6.45) is 7.57. The molecule has 1 aromatic heterocycles. The molecule has 1 saturated heterocycles. The molecule has 10 heteroatoms. The van der Waals surface area contributed by atoms with E-state index < -0.39 is 35.4 Å². The Morgan fingerprint density at radius 2 is 1.90 bits per heavy atom. The van der Waals surface area contributed by atoms with Gasteiger partial charge in [-0.1, -0.05) is 45.0 Å². The van der Waals surface area contributed by atoms with Gasteiger partial charge in [-0.2, -0.15) is 0 Å². The molecule has 41 heavy (non-hydrogen) atoms. The Bertz CT molecular complexity index is 1320. The van der Waals surface area contributed by atoms with Crippen molar-refractivity contribution in [1.29, 1.82) is 0 Å². The number of carbonyl (C=O) groups is 4. The van der Waals surface area contributed by atoms with Crippen LogP contribution in [0.15, 0.2) is 36.5 Å². The lowest BCUT2D eigenvalue weighted by Crippen LogP contribution is -2.61. The molecule has 0 bridgehead atoms. The largest absolute Gasteiger partial charge is 0.368 e. The smallest absolute Gasteiger partial charge is 0.258 e. The first-order valence-electron chi connectivity index (χ1n) is 14.3. The second-order valence-corrected chi connectivity index (χ2v) is 11.8. The number of aromatic nitrogens is 1. The van der Waals surface area contributed by atoms with E-state index in [-0.39, 0.29) is 17.7 Å². The number of nitrogens with zero attached hydrogens (tertiary/aromatic N) is 3. The molecule has 1 aliphatic heterocycles. The maximum atomic E-state index is 13.6. The number of pyridine rings is 1. The summed E-state index contributed by atoms with van der Waals surface area (Å²) < 4.78 is 0. The van der Waals surface area contributed by atoms with Crippen molar-refractivity contribution < 1.29 is 19.2 Å². The number of hydrazine groups is 1. The fourth-order valence-electron chi connectivity index (χ4n) is 5.13. The van der Waals surface area contributed by atoms with Gasteiger partial charge in [0.1, 0.15) is 18.1 Å². The van der Waals surface area contributed by atoms with Crippen LogP contribution in [0.4, 0.5) is 0 Å². The number of primary amides is 1. The van der Waals surface area contributed by atoms with Gasteiger partial charge < -0.3 is 16.0 Å². The van der Waals surface area contributed by atoms with E-state index in [0.29, 0.717) is 19.4 Å². The molecule has 4 amide bonds. The summed E-state index contributed by atoms with van der Waals surface area (Å²) in [5, 5.41) is 6.24. The summed E-state index contributed by atoms with van der Waals surface area (Å²) in [5.74, 6) is -1.79. The quantitative estimate of drug-likeness (QED) is 0.406. The van der Waals surface area contributed by atoms with Gasteiger partial charge in [-0.3, -0.25) is 29.2 Å². The standard InChI is InChI=1S/C31H44N6O4/c1-8-21-11-12-22-18-33-24(17-23(22)16-21)13-14-31(5,6)30(41)36(7)26(19(2)3)28(39)34-20(4)29(40)37-15-9-10-25(35-37)27(32)38/h11-14,16-20,25-26,35H,8-10,15H2,1-7H3,(H2,32,38)(H,34,39)/b14-13+/t20-,25-,26?/m0/s1. The number of aryl methyl sites for hydroxylation is 1. The molecular weight excluding hydrogens is 520 g/mol. The first-order valence-corrected chi connectivity index (χ1v) is 14.3. The SMILES string of the molecule is CCc1ccc2cnc(/C=C/C(C)(C)C(=O)N(C)C(C(=O)N[C@@H](C)C(=O)N3CCC[C@@H](C(N)=O)N3)C(C)C)cc2c1. The summed E-state index contributed by atoms with van der Waals surface area (Å²) in [6.45, 7) is 11.4. The number of fused-ring (bicyclic) bond motifs is 1. The zero-order chi connectivity index (χ0) is 30.5. The molecule has 0 saturated carbocycles. The Labute approximate surface area is 242 Å². The first-order chi connectivity index (χ1) is 19.2. The van der Waals surface area contributed by atoms with E-state index in [1.807, 2.05) is 38.3 Å². The van der Waals surface area contributed by atoms with Crippen LogP contribution in [0.3, 0.4) is 0 Å². The van der Waals surface area contributed by atoms with E-state index >= 15 is 0 Å². The molecule has 0 radical (unpaired) electrons. The third kappa shape index (κ3) is 7.70. The van der Waals surface area contributed by atoms with E-state index in [2.05, 4.69) is 40.8 Å². The molecule has 1 aliphatic rings. The maximum Gasteiger partial charge on any atom is 0.258 e. The van der Waals surface area contributed by atoms with Gasteiger partial charge in [-0.25, -0.2) is 5.43 Å². The highest BCUT2D eigenvalue weighted by atomic mass is 16.2. The van der Waals surface area contributed by atoms with Gasteiger partial charge in [0.2, 0.25) is 17.7 Å². The molecule has 4 N–H and O–H groups in total. The van der Waals surface area contributed by atoms with Crippen LogP contribution in [0, 0.1) is 11.3 Å². The Kier molecular flexibility index (Phi) is 10.3. The van der Waals surface area contributed by atoms with Crippen LogP contribution in [0.2, 0.25) is 0 Å². The summed E-state index contributed by atoms with van der Waals surface area (Å²) in [5.41, 5.74) is 9.29. The normalized spacial score (nSPS) is 17.5. The summed E-state index contributed by atoms with van der Waals surface area (Å²) >= 11 is 0. The van der Waals surface area contributed by atoms with Crippen molar-refractivity contribution in [2.45, 2.75) is 78.9 Å². The number of nitrogens with two attached hydrogens (primary N) is 1. The molecule has 2 heterocycles. The van der Waals surface area contributed by atoms with Gasteiger partial charge >= 0.3 is 0 Å². The number of amides is 4. The predicted octanol–water partition coefficient (Wildman–Crippen LogP) is 2.81. The molecule has 10 nitrogen and oxygen atoms in total. The summed E-state index contributed by atoms with van der Waals surface area (Å²) in [4.78, 5) is 57.6. The molecule has 3 rings (SSSR count). The molecule has 1 unspecified atom stereocenters. The average molecular weight is 565 g/mol. The lowest BCUT2D eigenvalue weighted by atomic mass is 9.89. The first kappa shape index (κ1) is 31.7. The van der Waals surface area contributed by atoms with Crippen molar-refractivity contribution in [2.75, 3.05) is 13.6 Å². The van der Waals surface area contributed by atoms with Gasteiger partial charge in [0.15, 0.2) is 0 Å². The lowest BCUT2D eigenvalue weighted by Gasteiger charge is -2.36. The number of hydrogen-bond donors (Lipinski definition) is 3. The number of nitrogens with one attached hydrogen (secondary N) is 2. The minimum atomic E-state index is -0.924. The van der Waals surface area contributed by atoms with Gasteiger partial charge in [0.25, 0.3) is 5.91 Å². The predicted molar refractivity (Wildman–Crippen MR) is 160 cm³/mol. The van der Waals surface area contributed by atoms with E-state index in [0.717, 1.165) is 22.9 Å². The highest BCUT2D eigenvalue weighted by molar-refractivity contribution is 5.94. The van der Waals surface area contributed by atoms with Crippen LogP contribution in [-0.2, 0) is 25.6 Å². The molecule has 0 aliphatic carbocycles. The monoisotopic (exact) mass is 564 g/mol. The Morgan fingerprint density at radius 1 is 1.20 bits per heavy atom. The number of carbonyl (C=O) groups excluding carboxylic acids is 4. The second kappa shape index (κ2) is 13.2. The van der Waals surface area contributed by atoms with Crippen LogP contribution >= 0.6 is 0 Å². The van der Waals surface area contributed by atoms with E-state index in [4.69, 9.17) is 5.73 Å². The molecule has 1 fully saturated rings. The fourth-order valence-corrected chi connectivity index (χ4v) is 5.13. The van der Waals surface area contributed by atoms with Crippen LogP contribution in [-0.4, -0.2) is 70.2 Å². The maximum absolute atomic E-state index is 13.6. The third-order valence-electron chi connectivity index (χ3n) is 7.60. The zero-order valence-corrected chi connectivity index (χ0v) is 25.2. The van der Waals surface area contributed by atoms with Gasteiger partial charge in [-0.05, 0) is 69.0 Å². The van der Waals surface area contributed by atoms with Crippen LogP contribution in [0.25, 0.3) is 16.8 Å². The molecular formula is C31H44N6O4. The van der Waals surface area contributed by atoms with E-state index in [9.17, 15) is 19.2 Å². The van der Waals surface area contributed by atoms with Crippen molar-refractivity contribution in [2.24, 2.45) is 17.1 Å². The minimum absolute atomic E-state index is 0.215. The Morgan fingerprint density at radius 3 is 2.54 bits per heavy atom. The van der Waals surface area contributed by atoms with Crippen molar-refractivity contribution in [3.63, 3.8) is 0 Å². The number of likely N-dealkylation sites (N-methyl/N-ethyl adjacent to an activating group) is 1. The van der Waals surface area contributed by atoms with Crippen LogP contribution < -0.4 is 16.5 Å². The summed E-state index contributed by atoms with van der Waals surface area (Å²) in [7, 11) is 1.61. The third-order valence-corrected chi connectivity index (χ3v) is 7.60. The number of hydrogen-bond acceptors (Lipinski definition) is 6. The van der Waals surface area contributed by atoms with Crippen LogP contribution in [0.5, 0.6) is 0 Å². The average Bonchev–Trinajstić information content (AvgIpc) is 2.94. The number of rotatable bonds is 10. The highest BCUT2D eigenvalue weighted by Crippen LogP contribution is 2.25. The molecule has 3 atom stereocenters. The highest BCUT2D eigenvalue weighted by Gasteiger charge is 2.37. The van der Waals surface area contributed by atoms with Crippen molar-refractivity contribution >= 4 is 40.5 Å². The minimum Gasteiger partial charge on any atom is -0.368 e. The van der Waals surface area contributed by atoms with E-state index in [1.165, 1.54) is 15.5 Å². The number of benzene rings is 1. The summed E-state index contributed by atoms with van der Waals surface area (Å²) in [6, 6.07) is 6.00. The van der Waals surface area contributed by atoms with Gasteiger partial charge in [0, 0.05) is 25.2 Å². The fraction of sp³-hybridized carbons (Fsp3) is 0.516. The second-order valence-electron chi connectivity index (χ2n) is 11.8. The molecule has 222 valence electrons.